The molecule has 136 valence electrons. The SMILES string of the molecule is CC(C)(C)c1ccc(S(C)(C2=CCC/C=C/C=C2)c2ccccc2)cc1. The van der Waals surface area contributed by atoms with Crippen molar-refractivity contribution in [3.05, 3.63) is 95.4 Å². The van der Waals surface area contributed by atoms with Crippen molar-refractivity contribution < 1.29 is 0 Å². The first-order valence-corrected chi connectivity index (χ1v) is 11.4. The molecule has 2 aromatic carbocycles. The Labute approximate surface area is 160 Å². The summed E-state index contributed by atoms with van der Waals surface area (Å²) < 4.78 is 0. The zero-order chi connectivity index (χ0) is 18.6. The lowest BCUT2D eigenvalue weighted by Crippen LogP contribution is -2.11. The maximum atomic E-state index is 2.44. The van der Waals surface area contributed by atoms with Crippen LogP contribution in [0.25, 0.3) is 0 Å². The third-order valence-electron chi connectivity index (χ3n) is 5.06. The van der Waals surface area contributed by atoms with Crippen LogP contribution >= 0.6 is 10.0 Å². The molecule has 1 unspecified atom stereocenters. The van der Waals surface area contributed by atoms with E-state index in [1.54, 1.807) is 0 Å². The largest absolute Gasteiger partial charge is 0.164 e. The van der Waals surface area contributed by atoms with Crippen LogP contribution in [0.3, 0.4) is 0 Å². The van der Waals surface area contributed by atoms with Crippen LogP contribution in [-0.4, -0.2) is 6.26 Å². The fraction of sp³-hybridized carbons (Fsp3) is 0.280. The van der Waals surface area contributed by atoms with E-state index in [2.05, 4.69) is 112 Å². The molecule has 0 saturated heterocycles. The quantitative estimate of drug-likeness (QED) is 0.526. The van der Waals surface area contributed by atoms with Crippen molar-refractivity contribution in [3.63, 3.8) is 0 Å². The van der Waals surface area contributed by atoms with Gasteiger partial charge in [0.2, 0.25) is 0 Å². The van der Waals surface area contributed by atoms with Crippen molar-refractivity contribution in [1.82, 2.24) is 0 Å². The zero-order valence-electron chi connectivity index (χ0n) is 16.4. The van der Waals surface area contributed by atoms with E-state index in [1.165, 1.54) is 20.3 Å². The Hall–Kier alpha value is -1.99. The molecular weight excluding hydrogens is 332 g/mol. The Kier molecular flexibility index (Phi) is 5.58. The zero-order valence-corrected chi connectivity index (χ0v) is 17.2. The van der Waals surface area contributed by atoms with Gasteiger partial charge in [-0.1, -0.05) is 75.4 Å². The molecule has 0 N–H and O–H groups in total. The third kappa shape index (κ3) is 3.88. The van der Waals surface area contributed by atoms with Gasteiger partial charge >= 0.3 is 0 Å². The minimum absolute atomic E-state index is 0.182. The molecule has 0 radical (unpaired) electrons. The summed E-state index contributed by atoms with van der Waals surface area (Å²) in [6, 6.07) is 20.4. The molecule has 0 spiro atoms. The van der Waals surface area contributed by atoms with Crippen molar-refractivity contribution in [2.75, 3.05) is 6.26 Å². The summed E-state index contributed by atoms with van der Waals surface area (Å²) in [6.45, 7) is 6.83. The summed E-state index contributed by atoms with van der Waals surface area (Å²) in [5, 5.41) is 0. The number of allylic oxidation sites excluding steroid dienone is 5. The first-order valence-electron chi connectivity index (χ1n) is 9.40. The van der Waals surface area contributed by atoms with E-state index >= 15 is 0 Å². The first kappa shape index (κ1) is 18.8. The summed E-state index contributed by atoms with van der Waals surface area (Å²) in [5.41, 5.74) is 1.57. The average Bonchev–Trinajstić information content (AvgIpc) is 2.61. The first-order chi connectivity index (χ1) is 12.4. The van der Waals surface area contributed by atoms with Crippen molar-refractivity contribution in [1.29, 1.82) is 0 Å². The van der Waals surface area contributed by atoms with Gasteiger partial charge in [0.15, 0.2) is 0 Å². The topological polar surface area (TPSA) is 0 Å². The molecular formula is C25H30S. The maximum Gasteiger partial charge on any atom is -0.00211 e. The predicted molar refractivity (Wildman–Crippen MR) is 117 cm³/mol. The molecule has 0 aromatic heterocycles. The lowest BCUT2D eigenvalue weighted by atomic mass is 9.87. The van der Waals surface area contributed by atoms with E-state index < -0.39 is 10.0 Å². The highest BCUT2D eigenvalue weighted by molar-refractivity contribution is 8.36. The lowest BCUT2D eigenvalue weighted by Gasteiger charge is -2.39. The van der Waals surface area contributed by atoms with Crippen LogP contribution in [0.5, 0.6) is 0 Å². The summed E-state index contributed by atoms with van der Waals surface area (Å²) in [7, 11) is -1.26. The van der Waals surface area contributed by atoms with E-state index in [-0.39, 0.29) is 5.41 Å². The highest BCUT2D eigenvalue weighted by Gasteiger charge is 2.27. The molecule has 0 saturated carbocycles. The van der Waals surface area contributed by atoms with Gasteiger partial charge in [0, 0.05) is 0 Å². The van der Waals surface area contributed by atoms with Gasteiger partial charge in [0.1, 0.15) is 0 Å². The molecule has 1 aliphatic rings. The predicted octanol–water partition coefficient (Wildman–Crippen LogP) is 7.63. The van der Waals surface area contributed by atoms with E-state index in [1.807, 2.05) is 0 Å². The second-order valence-corrected chi connectivity index (χ2v) is 11.2. The molecule has 3 rings (SSSR count). The number of benzene rings is 2. The Morgan fingerprint density at radius 2 is 1.42 bits per heavy atom. The molecule has 0 amide bonds. The van der Waals surface area contributed by atoms with Gasteiger partial charge in [0.25, 0.3) is 0 Å². The average molecular weight is 363 g/mol. The van der Waals surface area contributed by atoms with Crippen LogP contribution in [0.15, 0.2) is 99.7 Å². The van der Waals surface area contributed by atoms with Crippen molar-refractivity contribution in [3.8, 4) is 0 Å². The molecule has 0 fully saturated rings. The monoisotopic (exact) mass is 362 g/mol. The van der Waals surface area contributed by atoms with E-state index in [0.29, 0.717) is 0 Å². The van der Waals surface area contributed by atoms with Crippen molar-refractivity contribution in [2.45, 2.75) is 48.8 Å². The van der Waals surface area contributed by atoms with Gasteiger partial charge in [-0.05, 0) is 75.1 Å². The second-order valence-electron chi connectivity index (χ2n) is 7.98. The van der Waals surface area contributed by atoms with E-state index in [9.17, 15) is 0 Å². The Bertz CT molecular complexity index is 817. The van der Waals surface area contributed by atoms with Crippen LogP contribution in [0.1, 0.15) is 39.2 Å². The van der Waals surface area contributed by atoms with Crippen molar-refractivity contribution in [2.24, 2.45) is 0 Å². The van der Waals surface area contributed by atoms with E-state index in [4.69, 9.17) is 0 Å². The Morgan fingerprint density at radius 3 is 2.08 bits per heavy atom. The van der Waals surface area contributed by atoms with Crippen molar-refractivity contribution >= 4 is 10.0 Å². The smallest absolute Gasteiger partial charge is 0.00211 e. The van der Waals surface area contributed by atoms with Gasteiger partial charge in [-0.25, -0.2) is 0 Å². The Balaban J connectivity index is 2.14. The van der Waals surface area contributed by atoms with Gasteiger partial charge < -0.3 is 0 Å². The Morgan fingerprint density at radius 1 is 0.769 bits per heavy atom. The minimum atomic E-state index is -1.26. The number of rotatable bonds is 3. The summed E-state index contributed by atoms with van der Waals surface area (Å²) in [5.74, 6) is 0. The number of hydrogen-bond acceptors (Lipinski definition) is 0. The van der Waals surface area contributed by atoms with Gasteiger partial charge in [-0.3, -0.25) is 0 Å². The van der Waals surface area contributed by atoms with Crippen LogP contribution in [0, 0.1) is 0 Å². The van der Waals surface area contributed by atoms with Crippen LogP contribution < -0.4 is 0 Å². The fourth-order valence-corrected chi connectivity index (χ4v) is 6.35. The highest BCUT2D eigenvalue weighted by Crippen LogP contribution is 2.66. The molecule has 1 atom stereocenters. The summed E-state index contributed by atoms with van der Waals surface area (Å²) in [6.07, 6.45) is 16.0. The van der Waals surface area contributed by atoms with Crippen LogP contribution in [-0.2, 0) is 5.41 Å². The van der Waals surface area contributed by atoms with E-state index in [0.717, 1.165) is 12.8 Å². The minimum Gasteiger partial charge on any atom is -0.164 e. The van der Waals surface area contributed by atoms with Crippen LogP contribution in [0.2, 0.25) is 0 Å². The number of hydrogen-bond donors (Lipinski definition) is 0. The molecule has 1 aliphatic carbocycles. The highest BCUT2D eigenvalue weighted by atomic mass is 32.3. The molecule has 2 aromatic rings. The maximum absolute atomic E-state index is 2.44. The third-order valence-corrected chi connectivity index (χ3v) is 8.74. The molecule has 26 heavy (non-hydrogen) atoms. The second kappa shape index (κ2) is 7.72. The molecule has 0 aliphatic heterocycles. The molecule has 0 bridgehead atoms. The van der Waals surface area contributed by atoms with Crippen LogP contribution in [0.4, 0.5) is 0 Å². The lowest BCUT2D eigenvalue weighted by molar-refractivity contribution is 0.589. The summed E-state index contributed by atoms with van der Waals surface area (Å²) in [4.78, 5) is 4.30. The standard InChI is InChI=1S/C25H30S/c1-25(2,3)21-17-19-24(20-18-21)26(4,23-15-11-8-12-16-23)22-13-9-6-5-7-10-14-22/h5-6,8-9,11-20H,7,10H2,1-4H3/b6-5+,13-9?,22-14?. The molecule has 0 nitrogen and oxygen atoms in total. The van der Waals surface area contributed by atoms with Gasteiger partial charge in [0.05, 0.1) is 0 Å². The normalized spacial score (nSPS) is 19.6. The fourth-order valence-electron chi connectivity index (χ4n) is 3.35. The molecule has 1 heteroatoms. The molecule has 0 heterocycles. The van der Waals surface area contributed by atoms with Gasteiger partial charge in [-0.2, -0.15) is 10.0 Å². The van der Waals surface area contributed by atoms with Gasteiger partial charge in [-0.15, -0.1) is 0 Å². The summed E-state index contributed by atoms with van der Waals surface area (Å²) >= 11 is 0.